The average Bonchev–Trinajstić information content (AvgIpc) is 1.66. The fraction of sp³-hybridized carbons (Fsp3) is 0.518. The molecule has 12 saturated heterocycles. The summed E-state index contributed by atoms with van der Waals surface area (Å²) in [6.45, 7) is 11.4. The molecular formula is C56H53N9O12S6. The van der Waals surface area contributed by atoms with Crippen molar-refractivity contribution in [1.82, 2.24) is 29.4 Å². The minimum atomic E-state index is -1.06. The number of benzene rings is 3. The molecule has 3 aromatic rings. The van der Waals surface area contributed by atoms with Gasteiger partial charge in [-0.2, -0.15) is 15.8 Å². The van der Waals surface area contributed by atoms with E-state index in [1.165, 1.54) is 74.6 Å². The van der Waals surface area contributed by atoms with Crippen molar-refractivity contribution in [2.75, 3.05) is 34.5 Å². The number of fused-ring (bicyclic) bond motifs is 9. The summed E-state index contributed by atoms with van der Waals surface area (Å²) in [4.78, 5) is 85.0. The summed E-state index contributed by atoms with van der Waals surface area (Å²) < 4.78 is 32.7. The standard InChI is InChI=1S/C20H19N3O4S2.2C18H17N3O4S2/c1-18(9-21)8-20-17(25)22(12-4-5-12)19(2,28-29-20)16(24)23(20)15(18)11-3-6-13-14(7-11)27-10-26-13;2*1-16(8-19)7-18-15(23)20(3)17(2,26-27-18)14(22)21(18)13(16)10-4-5-11-12(6-10)25-9-24-11/h3,6-7,12,15H,4-5,8,10H2,1-2H3;2*4-6,13H,7,9H2,1-3H3/t15-,18+,19+,20-;13-,16+,17-,18-;13-,16-,17+,18+/m010/s1. The van der Waals surface area contributed by atoms with Crippen LogP contribution in [-0.4, -0.2) is 135 Å². The number of hydrogen-bond acceptors (Lipinski definition) is 21. The highest BCUT2D eigenvalue weighted by Crippen LogP contribution is 2.73. The SMILES string of the molecule is CN1C(=O)[C@]23C[C@@](C)(C#N)[C@@H](c4ccc5c(c4)OCO5)N2C(=O)[C@@]1(C)SS3.CN1C(=O)[C@]23C[C@@](C)(C#N)[C@H](c4ccc5c(c4)OCO5)N2C(=O)[C@@]1(C)SS3.C[C@]1(C#N)C[C@@]23SS[C@](C)(C(=O)N2[C@H]1c1ccc2c(c1)OCO2)N(C1CC1)C3=O. The molecule has 430 valence electrons. The summed E-state index contributed by atoms with van der Waals surface area (Å²) in [5.74, 6) is 3.16. The van der Waals surface area contributed by atoms with Gasteiger partial charge in [0.1, 0.15) is 0 Å². The highest BCUT2D eigenvalue weighted by molar-refractivity contribution is 8.79. The molecular weight excluding hydrogens is 1180 g/mol. The number of likely N-dealkylation sites (N-methyl/N-ethyl adjacent to an activating group) is 2. The van der Waals surface area contributed by atoms with Crippen LogP contribution >= 0.6 is 64.8 Å². The van der Waals surface area contributed by atoms with Crippen molar-refractivity contribution in [3.8, 4) is 52.7 Å². The Bertz CT molecular complexity index is 3510. The molecule has 15 heterocycles. The van der Waals surface area contributed by atoms with Gasteiger partial charge >= 0.3 is 0 Å². The molecule has 3 spiro atoms. The van der Waals surface area contributed by atoms with Crippen molar-refractivity contribution in [1.29, 1.82) is 15.8 Å². The van der Waals surface area contributed by atoms with Gasteiger partial charge in [-0.25, -0.2) is 0 Å². The zero-order valence-corrected chi connectivity index (χ0v) is 50.9. The Balaban J connectivity index is 0.000000111. The van der Waals surface area contributed by atoms with Gasteiger partial charge in [-0.15, -0.1) is 0 Å². The lowest BCUT2D eigenvalue weighted by molar-refractivity contribution is -0.166. The Labute approximate surface area is 501 Å². The summed E-state index contributed by atoms with van der Waals surface area (Å²) in [5, 5.41) is 30.2. The number of amides is 6. The van der Waals surface area contributed by atoms with Gasteiger partial charge in [0.25, 0.3) is 35.4 Å². The van der Waals surface area contributed by atoms with Gasteiger partial charge in [0.15, 0.2) is 63.7 Å². The fourth-order valence-electron chi connectivity index (χ4n) is 14.2. The van der Waals surface area contributed by atoms with Gasteiger partial charge in [0, 0.05) is 39.4 Å². The third kappa shape index (κ3) is 6.96. The Morgan fingerprint density at radius 1 is 0.410 bits per heavy atom. The molecule has 13 fully saturated rings. The molecule has 1 saturated carbocycles. The molecule has 15 aliphatic heterocycles. The molecule has 12 atom stereocenters. The highest BCUT2D eigenvalue weighted by Gasteiger charge is 2.79. The van der Waals surface area contributed by atoms with E-state index in [1.807, 2.05) is 75.1 Å². The number of nitriles is 3. The van der Waals surface area contributed by atoms with Crippen LogP contribution in [0.4, 0.5) is 0 Å². The van der Waals surface area contributed by atoms with Crippen molar-refractivity contribution < 1.29 is 57.2 Å². The third-order valence-corrected chi connectivity index (χ3v) is 29.8. The van der Waals surface area contributed by atoms with Crippen LogP contribution in [0, 0.1) is 50.2 Å². The van der Waals surface area contributed by atoms with E-state index in [4.69, 9.17) is 28.4 Å². The second-order valence-electron chi connectivity index (χ2n) is 24.1. The molecule has 21 nitrogen and oxygen atoms in total. The van der Waals surface area contributed by atoms with Crippen molar-refractivity contribution in [2.45, 2.75) is 127 Å². The van der Waals surface area contributed by atoms with E-state index >= 15 is 0 Å². The lowest BCUT2D eigenvalue weighted by atomic mass is 9.79. The summed E-state index contributed by atoms with van der Waals surface area (Å²) >= 11 is 0. The maximum atomic E-state index is 13.8. The molecule has 16 aliphatic rings. The van der Waals surface area contributed by atoms with Gasteiger partial charge in [-0.1, -0.05) is 83.0 Å². The Morgan fingerprint density at radius 3 is 1.04 bits per heavy atom. The predicted octanol–water partition coefficient (Wildman–Crippen LogP) is 8.03. The van der Waals surface area contributed by atoms with Crippen LogP contribution in [0.15, 0.2) is 54.6 Å². The van der Waals surface area contributed by atoms with E-state index in [1.54, 1.807) is 54.8 Å². The molecule has 0 radical (unpaired) electrons. The lowest BCUT2D eigenvalue weighted by Crippen LogP contribution is -2.75. The third-order valence-electron chi connectivity index (χ3n) is 18.8. The van der Waals surface area contributed by atoms with E-state index in [0.29, 0.717) is 40.9 Å². The number of hydrogen-bond donors (Lipinski definition) is 0. The van der Waals surface area contributed by atoms with Crippen LogP contribution in [0.1, 0.15) is 108 Å². The zero-order valence-electron chi connectivity index (χ0n) is 46.0. The van der Waals surface area contributed by atoms with Crippen LogP contribution in [0.5, 0.6) is 34.5 Å². The number of rotatable bonds is 4. The van der Waals surface area contributed by atoms with Crippen molar-refractivity contribution in [3.05, 3.63) is 71.3 Å². The van der Waals surface area contributed by atoms with Crippen molar-refractivity contribution in [3.63, 3.8) is 0 Å². The Kier molecular flexibility index (Phi) is 11.7. The number of ether oxygens (including phenoxy) is 6. The molecule has 83 heavy (non-hydrogen) atoms. The largest absolute Gasteiger partial charge is 0.454 e. The smallest absolute Gasteiger partial charge is 0.261 e. The molecule has 0 N–H and O–H groups in total. The summed E-state index contributed by atoms with van der Waals surface area (Å²) in [7, 11) is 11.9. The molecule has 3 aromatic carbocycles. The van der Waals surface area contributed by atoms with Crippen molar-refractivity contribution in [2.24, 2.45) is 16.2 Å². The molecule has 0 aromatic heterocycles. The number of carbonyl (C=O) groups excluding carboxylic acids is 6. The number of nitrogens with zero attached hydrogens (tertiary/aromatic N) is 9. The van der Waals surface area contributed by atoms with Crippen LogP contribution in [-0.2, 0) is 28.8 Å². The van der Waals surface area contributed by atoms with Crippen LogP contribution in [0.25, 0.3) is 0 Å². The lowest BCUT2D eigenvalue weighted by Gasteiger charge is -2.58. The molecule has 6 amide bonds. The van der Waals surface area contributed by atoms with Crippen molar-refractivity contribution >= 4 is 100 Å². The minimum absolute atomic E-state index is 0.0180. The number of carbonyl (C=O) groups is 6. The van der Waals surface area contributed by atoms with Gasteiger partial charge < -0.3 is 57.8 Å². The van der Waals surface area contributed by atoms with Gasteiger partial charge in [0.2, 0.25) is 20.4 Å². The molecule has 0 unspecified atom stereocenters. The fourth-order valence-corrected chi connectivity index (χ4v) is 25.0. The average molecular weight is 1240 g/mol. The first-order chi connectivity index (χ1) is 39.4. The maximum Gasteiger partial charge on any atom is 0.261 e. The summed E-state index contributed by atoms with van der Waals surface area (Å²) in [6.07, 6.45) is 2.78. The molecule has 27 heteroatoms. The first-order valence-corrected chi connectivity index (χ1v) is 33.3. The highest BCUT2D eigenvalue weighted by atomic mass is 33.1. The minimum Gasteiger partial charge on any atom is -0.454 e. The van der Waals surface area contributed by atoms with Crippen LogP contribution in [0.2, 0.25) is 0 Å². The van der Waals surface area contributed by atoms with E-state index in [9.17, 15) is 44.6 Å². The maximum absolute atomic E-state index is 13.8. The predicted molar refractivity (Wildman–Crippen MR) is 306 cm³/mol. The second-order valence-corrected chi connectivity index (χ2v) is 32.5. The van der Waals surface area contributed by atoms with Crippen LogP contribution in [0.3, 0.4) is 0 Å². The number of piperazine rings is 3. The normalized spacial score (nSPS) is 39.2. The Morgan fingerprint density at radius 2 is 0.711 bits per heavy atom. The molecule has 1 aliphatic carbocycles. The molecule has 6 bridgehead atoms. The van der Waals surface area contributed by atoms with Gasteiger partial charge in [0.05, 0.1) is 52.6 Å². The van der Waals surface area contributed by atoms with Gasteiger partial charge in [-0.05, 0) is 107 Å². The van der Waals surface area contributed by atoms with E-state index < -0.39 is 63.6 Å². The molecule has 19 rings (SSSR count). The van der Waals surface area contributed by atoms with E-state index in [0.717, 1.165) is 29.5 Å². The first kappa shape index (κ1) is 54.8. The van der Waals surface area contributed by atoms with Crippen LogP contribution < -0.4 is 28.4 Å². The van der Waals surface area contributed by atoms with Gasteiger partial charge in [-0.3, -0.25) is 28.8 Å². The summed E-state index contributed by atoms with van der Waals surface area (Å²) in [6, 6.07) is 22.3. The Hall–Kier alpha value is -6.15. The summed E-state index contributed by atoms with van der Waals surface area (Å²) in [5.41, 5.74) is -0.323. The first-order valence-electron chi connectivity index (χ1n) is 26.8. The quantitative estimate of drug-likeness (QED) is 0.224. The topological polar surface area (TPSA) is 249 Å². The van der Waals surface area contributed by atoms with E-state index in [2.05, 4.69) is 18.2 Å². The van der Waals surface area contributed by atoms with E-state index in [-0.39, 0.29) is 74.7 Å². The monoisotopic (exact) mass is 1240 g/mol. The zero-order chi connectivity index (χ0) is 58.6. The second kappa shape index (κ2) is 17.7.